The average Bonchev–Trinajstić information content (AvgIpc) is 2.50. The maximum Gasteiger partial charge on any atom is 0.311 e. The zero-order valence-corrected chi connectivity index (χ0v) is 12.5. The SMILES string of the molecule is COCCOCCCN1CCC(C(=O)O)c2ccccc21. The smallest absolute Gasteiger partial charge is 0.311 e. The van der Waals surface area contributed by atoms with Crippen LogP contribution >= 0.6 is 0 Å². The molecule has 1 heterocycles. The molecule has 5 nitrogen and oxygen atoms in total. The molecule has 0 spiro atoms. The summed E-state index contributed by atoms with van der Waals surface area (Å²) >= 11 is 0. The zero-order chi connectivity index (χ0) is 15.1. The fourth-order valence-electron chi connectivity index (χ4n) is 2.72. The third-order valence-electron chi connectivity index (χ3n) is 3.79. The molecule has 0 bridgehead atoms. The molecule has 1 aromatic carbocycles. The highest BCUT2D eigenvalue weighted by atomic mass is 16.5. The van der Waals surface area contributed by atoms with Gasteiger partial charge in [-0.2, -0.15) is 0 Å². The molecule has 0 fully saturated rings. The Labute approximate surface area is 125 Å². The first-order valence-corrected chi connectivity index (χ1v) is 7.37. The lowest BCUT2D eigenvalue weighted by atomic mass is 9.90. The number of para-hydroxylation sites is 1. The highest BCUT2D eigenvalue weighted by Crippen LogP contribution is 2.35. The monoisotopic (exact) mass is 293 g/mol. The molecule has 0 aromatic heterocycles. The summed E-state index contributed by atoms with van der Waals surface area (Å²) in [5.74, 6) is -1.11. The van der Waals surface area contributed by atoms with E-state index in [9.17, 15) is 9.90 Å². The summed E-state index contributed by atoms with van der Waals surface area (Å²) in [6.45, 7) is 3.60. The number of carboxylic acid groups (broad SMARTS) is 1. The van der Waals surface area contributed by atoms with Gasteiger partial charge in [0.05, 0.1) is 19.1 Å². The molecule has 1 atom stereocenters. The summed E-state index contributed by atoms with van der Waals surface area (Å²) in [6, 6.07) is 7.81. The number of aliphatic carboxylic acids is 1. The number of benzene rings is 1. The highest BCUT2D eigenvalue weighted by molar-refractivity contribution is 5.80. The van der Waals surface area contributed by atoms with Crippen LogP contribution in [0.15, 0.2) is 24.3 Å². The van der Waals surface area contributed by atoms with Crippen LogP contribution in [0.4, 0.5) is 5.69 Å². The first kappa shape index (κ1) is 15.8. The number of fused-ring (bicyclic) bond motifs is 1. The second-order valence-corrected chi connectivity index (χ2v) is 5.18. The van der Waals surface area contributed by atoms with Crippen LogP contribution in [0.2, 0.25) is 0 Å². The maximum absolute atomic E-state index is 11.3. The lowest BCUT2D eigenvalue weighted by Crippen LogP contribution is -2.34. The quantitative estimate of drug-likeness (QED) is 0.744. The Kier molecular flexibility index (Phi) is 6.02. The summed E-state index contributed by atoms with van der Waals surface area (Å²) in [7, 11) is 1.66. The lowest BCUT2D eigenvalue weighted by Gasteiger charge is -2.34. The summed E-state index contributed by atoms with van der Waals surface area (Å²) < 4.78 is 10.4. The van der Waals surface area contributed by atoms with Crippen molar-refractivity contribution in [3.8, 4) is 0 Å². The first-order chi connectivity index (χ1) is 10.2. The van der Waals surface area contributed by atoms with Crippen LogP contribution in [0.5, 0.6) is 0 Å². The summed E-state index contributed by atoms with van der Waals surface area (Å²) in [4.78, 5) is 13.6. The Morgan fingerprint density at radius 2 is 2.14 bits per heavy atom. The van der Waals surface area contributed by atoms with Crippen molar-refractivity contribution >= 4 is 11.7 Å². The van der Waals surface area contributed by atoms with E-state index < -0.39 is 5.97 Å². The van der Waals surface area contributed by atoms with Crippen molar-refractivity contribution in [2.24, 2.45) is 0 Å². The minimum absolute atomic E-state index is 0.379. The standard InChI is InChI=1S/C16H23NO4/c1-20-11-12-21-10-4-8-17-9-7-14(16(18)19)13-5-2-3-6-15(13)17/h2-3,5-6,14H,4,7-12H2,1H3,(H,18,19). The van der Waals surface area contributed by atoms with Gasteiger partial charge >= 0.3 is 5.97 Å². The normalized spacial score (nSPS) is 17.6. The van der Waals surface area contributed by atoms with E-state index in [0.29, 0.717) is 26.2 Å². The molecule has 5 heteroatoms. The predicted molar refractivity (Wildman–Crippen MR) is 81.0 cm³/mol. The Balaban J connectivity index is 1.90. The number of nitrogens with zero attached hydrogens (tertiary/aromatic N) is 1. The van der Waals surface area contributed by atoms with Crippen LogP contribution in [-0.4, -0.2) is 51.1 Å². The largest absolute Gasteiger partial charge is 0.481 e. The van der Waals surface area contributed by atoms with E-state index in [0.717, 1.165) is 30.8 Å². The van der Waals surface area contributed by atoms with Gasteiger partial charge in [-0.05, 0) is 24.5 Å². The van der Waals surface area contributed by atoms with E-state index in [2.05, 4.69) is 4.90 Å². The van der Waals surface area contributed by atoms with E-state index in [4.69, 9.17) is 9.47 Å². The van der Waals surface area contributed by atoms with Crippen molar-refractivity contribution in [2.45, 2.75) is 18.8 Å². The number of methoxy groups -OCH3 is 1. The molecule has 1 N–H and O–H groups in total. The summed E-state index contributed by atoms with van der Waals surface area (Å²) in [5, 5.41) is 9.32. The molecule has 1 aliphatic heterocycles. The fourth-order valence-corrected chi connectivity index (χ4v) is 2.72. The number of rotatable bonds is 8. The fraction of sp³-hybridized carbons (Fsp3) is 0.562. The van der Waals surface area contributed by atoms with Gasteiger partial charge in [0.25, 0.3) is 0 Å². The van der Waals surface area contributed by atoms with Gasteiger partial charge in [-0.25, -0.2) is 0 Å². The molecule has 2 rings (SSSR count). The number of hydrogen-bond donors (Lipinski definition) is 1. The second-order valence-electron chi connectivity index (χ2n) is 5.18. The molecule has 0 radical (unpaired) electrons. The van der Waals surface area contributed by atoms with Gasteiger partial charge in [-0.1, -0.05) is 18.2 Å². The minimum atomic E-state index is -0.731. The van der Waals surface area contributed by atoms with Crippen molar-refractivity contribution in [1.29, 1.82) is 0 Å². The van der Waals surface area contributed by atoms with Crippen molar-refractivity contribution < 1.29 is 19.4 Å². The number of anilines is 1. The van der Waals surface area contributed by atoms with Crippen LogP contribution < -0.4 is 4.90 Å². The number of carboxylic acids is 1. The van der Waals surface area contributed by atoms with Crippen LogP contribution in [0.3, 0.4) is 0 Å². The van der Waals surface area contributed by atoms with E-state index >= 15 is 0 Å². The van der Waals surface area contributed by atoms with Gasteiger partial charge in [0, 0.05) is 32.5 Å². The predicted octanol–water partition coefficient (Wildman–Crippen LogP) is 2.12. The zero-order valence-electron chi connectivity index (χ0n) is 12.5. The first-order valence-electron chi connectivity index (χ1n) is 7.37. The van der Waals surface area contributed by atoms with Gasteiger partial charge < -0.3 is 19.5 Å². The van der Waals surface area contributed by atoms with E-state index in [1.54, 1.807) is 7.11 Å². The third-order valence-corrected chi connectivity index (χ3v) is 3.79. The van der Waals surface area contributed by atoms with Crippen LogP contribution in [-0.2, 0) is 14.3 Å². The average molecular weight is 293 g/mol. The number of carbonyl (C=O) groups is 1. The molecule has 1 aromatic rings. The van der Waals surface area contributed by atoms with Gasteiger partial charge in [-0.15, -0.1) is 0 Å². The molecule has 116 valence electrons. The van der Waals surface area contributed by atoms with Gasteiger partial charge in [0.15, 0.2) is 0 Å². The van der Waals surface area contributed by atoms with E-state index in [1.807, 2.05) is 24.3 Å². The van der Waals surface area contributed by atoms with Crippen molar-refractivity contribution in [3.63, 3.8) is 0 Å². The molecule has 0 saturated carbocycles. The minimum Gasteiger partial charge on any atom is -0.481 e. The summed E-state index contributed by atoms with van der Waals surface area (Å²) in [5.41, 5.74) is 1.98. The van der Waals surface area contributed by atoms with Crippen LogP contribution in [0.25, 0.3) is 0 Å². The topological polar surface area (TPSA) is 59.0 Å². The molecule has 1 unspecified atom stereocenters. The molecular weight excluding hydrogens is 270 g/mol. The third kappa shape index (κ3) is 4.19. The number of ether oxygens (including phenoxy) is 2. The molecular formula is C16H23NO4. The van der Waals surface area contributed by atoms with Crippen molar-refractivity contribution in [1.82, 2.24) is 0 Å². The second kappa shape index (κ2) is 8.00. The van der Waals surface area contributed by atoms with Gasteiger partial charge in [0.1, 0.15) is 0 Å². The maximum atomic E-state index is 11.3. The lowest BCUT2D eigenvalue weighted by molar-refractivity contribution is -0.139. The van der Waals surface area contributed by atoms with Crippen LogP contribution in [0, 0.1) is 0 Å². The van der Waals surface area contributed by atoms with E-state index in [-0.39, 0.29) is 5.92 Å². The van der Waals surface area contributed by atoms with Crippen LogP contribution in [0.1, 0.15) is 24.3 Å². The highest BCUT2D eigenvalue weighted by Gasteiger charge is 2.29. The molecule has 21 heavy (non-hydrogen) atoms. The van der Waals surface area contributed by atoms with Gasteiger partial charge in [-0.3, -0.25) is 4.79 Å². The van der Waals surface area contributed by atoms with Gasteiger partial charge in [0.2, 0.25) is 0 Å². The van der Waals surface area contributed by atoms with E-state index in [1.165, 1.54) is 0 Å². The summed E-state index contributed by atoms with van der Waals surface area (Å²) in [6.07, 6.45) is 1.59. The molecule has 0 aliphatic carbocycles. The Morgan fingerprint density at radius 3 is 2.90 bits per heavy atom. The van der Waals surface area contributed by atoms with Crippen molar-refractivity contribution in [2.75, 3.05) is 44.9 Å². The molecule has 0 saturated heterocycles. The Bertz CT molecular complexity index is 463. The Morgan fingerprint density at radius 1 is 1.33 bits per heavy atom. The Hall–Kier alpha value is -1.59. The molecule has 1 aliphatic rings. The number of hydrogen-bond acceptors (Lipinski definition) is 4. The molecule has 0 amide bonds. The van der Waals surface area contributed by atoms with Crippen molar-refractivity contribution in [3.05, 3.63) is 29.8 Å².